The maximum Gasteiger partial charge on any atom is 0.255 e. The summed E-state index contributed by atoms with van der Waals surface area (Å²) >= 11 is 0. The van der Waals surface area contributed by atoms with Gasteiger partial charge in [0.25, 0.3) is 11.8 Å². The third-order valence-electron chi connectivity index (χ3n) is 4.33. The fourth-order valence-electron chi connectivity index (χ4n) is 2.71. The average Bonchev–Trinajstić information content (AvgIpc) is 2.93. The number of sulfone groups is 1. The smallest absolute Gasteiger partial charge is 0.255 e. The molecule has 8 heteroatoms. The number of carbonyl (C=O) groups excluding carboxylic acids is 2. The number of nitrogens with zero attached hydrogens (tertiary/aromatic N) is 2. The first-order valence-electron chi connectivity index (χ1n) is 8.40. The summed E-state index contributed by atoms with van der Waals surface area (Å²) in [6.07, 6.45) is 4.12. The standard InChI is InChI=1S/C17H25N3O4S/c1-12(2)4-6-19-16(21)13-8-14(10-18-9-13)17(22)20(3)15-5-7-25(23,24)11-15/h8-10,12,15H,4-7,11H2,1-3H3,(H,19,21). The van der Waals surface area contributed by atoms with Gasteiger partial charge in [-0.15, -0.1) is 0 Å². The first kappa shape index (κ1) is 19.4. The Morgan fingerprint density at radius 3 is 2.60 bits per heavy atom. The van der Waals surface area contributed by atoms with E-state index in [1.54, 1.807) is 7.05 Å². The lowest BCUT2D eigenvalue weighted by Gasteiger charge is -2.23. The maximum atomic E-state index is 12.6. The number of amides is 2. The summed E-state index contributed by atoms with van der Waals surface area (Å²) in [5.74, 6) is -0.0211. The van der Waals surface area contributed by atoms with E-state index in [1.165, 1.54) is 23.4 Å². The summed E-state index contributed by atoms with van der Waals surface area (Å²) in [6, 6.07) is 1.17. The SMILES string of the molecule is CC(C)CCNC(=O)c1cncc(C(=O)N(C)C2CCS(=O)(=O)C2)c1. The number of hydrogen-bond donors (Lipinski definition) is 1. The third kappa shape index (κ3) is 5.26. The number of pyridine rings is 1. The number of rotatable bonds is 6. The minimum Gasteiger partial charge on any atom is -0.352 e. The zero-order valence-corrected chi connectivity index (χ0v) is 15.7. The van der Waals surface area contributed by atoms with Crippen molar-refractivity contribution in [2.45, 2.75) is 32.7 Å². The van der Waals surface area contributed by atoms with Crippen molar-refractivity contribution in [2.75, 3.05) is 25.1 Å². The van der Waals surface area contributed by atoms with E-state index in [1.807, 2.05) is 0 Å². The van der Waals surface area contributed by atoms with Gasteiger partial charge >= 0.3 is 0 Å². The van der Waals surface area contributed by atoms with Crippen molar-refractivity contribution in [3.05, 3.63) is 29.6 Å². The molecule has 1 aromatic rings. The van der Waals surface area contributed by atoms with Crippen LogP contribution in [0.15, 0.2) is 18.5 Å². The maximum absolute atomic E-state index is 12.6. The van der Waals surface area contributed by atoms with Gasteiger partial charge in [-0.1, -0.05) is 13.8 Å². The normalized spacial score (nSPS) is 19.0. The first-order chi connectivity index (χ1) is 11.7. The second kappa shape index (κ2) is 7.95. The van der Waals surface area contributed by atoms with E-state index >= 15 is 0 Å². The Balaban J connectivity index is 2.04. The van der Waals surface area contributed by atoms with Crippen molar-refractivity contribution < 1.29 is 18.0 Å². The van der Waals surface area contributed by atoms with Crippen LogP contribution < -0.4 is 5.32 Å². The highest BCUT2D eigenvalue weighted by Gasteiger charge is 2.33. The number of carbonyl (C=O) groups is 2. The Labute approximate surface area is 148 Å². The minimum absolute atomic E-state index is 0.0158. The molecule has 7 nitrogen and oxygen atoms in total. The molecule has 0 bridgehead atoms. The lowest BCUT2D eigenvalue weighted by molar-refractivity contribution is 0.0747. The highest BCUT2D eigenvalue weighted by molar-refractivity contribution is 7.91. The molecule has 0 aliphatic carbocycles. The fraction of sp³-hybridized carbons (Fsp3) is 0.588. The Morgan fingerprint density at radius 2 is 2.00 bits per heavy atom. The summed E-state index contributed by atoms with van der Waals surface area (Å²) in [5, 5.41) is 2.81. The second-order valence-electron chi connectivity index (χ2n) is 6.87. The van der Waals surface area contributed by atoms with Crippen molar-refractivity contribution in [2.24, 2.45) is 5.92 Å². The van der Waals surface area contributed by atoms with Crippen LogP contribution in [0.2, 0.25) is 0 Å². The molecule has 0 aromatic carbocycles. The molecule has 0 saturated carbocycles. The van der Waals surface area contributed by atoms with Gasteiger partial charge in [0.05, 0.1) is 22.6 Å². The number of aromatic nitrogens is 1. The zero-order valence-electron chi connectivity index (χ0n) is 14.9. The van der Waals surface area contributed by atoms with Crippen LogP contribution in [-0.2, 0) is 9.84 Å². The summed E-state index contributed by atoms with van der Waals surface area (Å²) in [7, 11) is -1.48. The number of nitrogens with one attached hydrogen (secondary N) is 1. The van der Waals surface area contributed by atoms with Gasteiger partial charge in [-0.2, -0.15) is 0 Å². The molecule has 2 heterocycles. The van der Waals surface area contributed by atoms with Crippen molar-refractivity contribution in [3.63, 3.8) is 0 Å². The topological polar surface area (TPSA) is 96.4 Å². The molecule has 0 radical (unpaired) electrons. The van der Waals surface area contributed by atoms with E-state index in [9.17, 15) is 18.0 Å². The lowest BCUT2D eigenvalue weighted by Crippen LogP contribution is -2.38. The Morgan fingerprint density at radius 1 is 1.32 bits per heavy atom. The van der Waals surface area contributed by atoms with Gasteiger partial charge in [-0.25, -0.2) is 8.42 Å². The van der Waals surface area contributed by atoms with Gasteiger partial charge in [0.15, 0.2) is 9.84 Å². The molecule has 0 spiro atoms. The third-order valence-corrected chi connectivity index (χ3v) is 6.08. The zero-order chi connectivity index (χ0) is 18.6. The molecular formula is C17H25N3O4S. The molecule has 2 rings (SSSR count). The summed E-state index contributed by atoms with van der Waals surface area (Å²) in [5.41, 5.74) is 0.602. The Bertz CT molecular complexity index is 746. The largest absolute Gasteiger partial charge is 0.352 e. The fourth-order valence-corrected chi connectivity index (χ4v) is 4.48. The molecular weight excluding hydrogens is 342 g/mol. The predicted molar refractivity (Wildman–Crippen MR) is 95.2 cm³/mol. The predicted octanol–water partition coefficient (Wildman–Crippen LogP) is 1.12. The van der Waals surface area contributed by atoms with Crippen molar-refractivity contribution in [1.82, 2.24) is 15.2 Å². The highest BCUT2D eigenvalue weighted by atomic mass is 32.2. The molecule has 1 N–H and O–H groups in total. The van der Waals surface area contributed by atoms with E-state index in [0.29, 0.717) is 24.4 Å². The van der Waals surface area contributed by atoms with E-state index in [4.69, 9.17) is 0 Å². The van der Waals surface area contributed by atoms with Gasteiger partial charge in [-0.05, 0) is 24.8 Å². The van der Waals surface area contributed by atoms with Gasteiger partial charge in [-0.3, -0.25) is 14.6 Å². The molecule has 25 heavy (non-hydrogen) atoms. The Hall–Kier alpha value is -1.96. The van der Waals surface area contributed by atoms with E-state index in [0.717, 1.165) is 6.42 Å². The van der Waals surface area contributed by atoms with Crippen LogP contribution >= 0.6 is 0 Å². The van der Waals surface area contributed by atoms with E-state index < -0.39 is 9.84 Å². The van der Waals surface area contributed by atoms with Gasteiger partial charge in [0, 0.05) is 32.0 Å². The van der Waals surface area contributed by atoms with Crippen molar-refractivity contribution in [1.29, 1.82) is 0 Å². The van der Waals surface area contributed by atoms with Crippen LogP contribution in [0.3, 0.4) is 0 Å². The monoisotopic (exact) mass is 367 g/mol. The van der Waals surface area contributed by atoms with E-state index in [-0.39, 0.29) is 34.9 Å². The van der Waals surface area contributed by atoms with Crippen LogP contribution in [0.1, 0.15) is 47.4 Å². The quantitative estimate of drug-likeness (QED) is 0.813. The summed E-state index contributed by atoms with van der Waals surface area (Å²) in [4.78, 5) is 30.2. The van der Waals surface area contributed by atoms with Gasteiger partial charge in [0.1, 0.15) is 0 Å². The van der Waals surface area contributed by atoms with Crippen LogP contribution in [0, 0.1) is 5.92 Å². The summed E-state index contributed by atoms with van der Waals surface area (Å²) < 4.78 is 23.2. The van der Waals surface area contributed by atoms with Crippen molar-refractivity contribution >= 4 is 21.7 Å². The van der Waals surface area contributed by atoms with Crippen LogP contribution in [0.4, 0.5) is 0 Å². The van der Waals surface area contributed by atoms with Crippen LogP contribution in [-0.4, -0.2) is 61.3 Å². The summed E-state index contributed by atoms with van der Waals surface area (Å²) in [6.45, 7) is 4.71. The Kier molecular flexibility index (Phi) is 6.16. The number of hydrogen-bond acceptors (Lipinski definition) is 5. The van der Waals surface area contributed by atoms with Gasteiger partial charge in [0.2, 0.25) is 0 Å². The molecule has 1 atom stereocenters. The van der Waals surface area contributed by atoms with Gasteiger partial charge < -0.3 is 10.2 Å². The van der Waals surface area contributed by atoms with Crippen LogP contribution in [0.25, 0.3) is 0 Å². The molecule has 1 saturated heterocycles. The molecule has 1 unspecified atom stereocenters. The van der Waals surface area contributed by atoms with Crippen LogP contribution in [0.5, 0.6) is 0 Å². The molecule has 1 fully saturated rings. The molecule has 138 valence electrons. The van der Waals surface area contributed by atoms with E-state index in [2.05, 4.69) is 24.1 Å². The molecule has 1 aliphatic rings. The molecule has 1 aromatic heterocycles. The highest BCUT2D eigenvalue weighted by Crippen LogP contribution is 2.18. The molecule has 1 aliphatic heterocycles. The average molecular weight is 367 g/mol. The lowest BCUT2D eigenvalue weighted by atomic mass is 10.1. The first-order valence-corrected chi connectivity index (χ1v) is 10.2. The minimum atomic E-state index is -3.07. The second-order valence-corrected chi connectivity index (χ2v) is 9.10. The molecule has 2 amide bonds. The van der Waals surface area contributed by atoms with Crippen molar-refractivity contribution in [3.8, 4) is 0 Å².